The zero-order valence-corrected chi connectivity index (χ0v) is 16.6. The molecular formula is C17H21N3O5S2. The van der Waals surface area contributed by atoms with Crippen molar-refractivity contribution in [2.45, 2.75) is 32.1 Å². The van der Waals surface area contributed by atoms with Crippen LogP contribution in [0.15, 0.2) is 0 Å². The second-order valence-corrected chi connectivity index (χ2v) is 9.85. The molecule has 10 heteroatoms. The first-order valence-corrected chi connectivity index (χ1v) is 11.4. The molecule has 3 rings (SSSR count). The van der Waals surface area contributed by atoms with E-state index < -0.39 is 34.4 Å². The third-order valence-corrected chi connectivity index (χ3v) is 7.40. The summed E-state index contributed by atoms with van der Waals surface area (Å²) in [6, 6.07) is 2.15. The second kappa shape index (κ2) is 7.96. The molecule has 1 aromatic rings. The molecule has 2 aliphatic rings. The molecule has 1 aliphatic heterocycles. The van der Waals surface area contributed by atoms with Crippen LogP contribution in [0.25, 0.3) is 0 Å². The monoisotopic (exact) mass is 411 g/mol. The van der Waals surface area contributed by atoms with Crippen molar-refractivity contribution in [2.24, 2.45) is 5.92 Å². The molecule has 146 valence electrons. The number of carbonyl (C=O) groups is 2. The Labute approximate surface area is 162 Å². The minimum atomic E-state index is -3.25. The van der Waals surface area contributed by atoms with Gasteiger partial charge in [0.05, 0.1) is 17.7 Å². The van der Waals surface area contributed by atoms with E-state index in [0.717, 1.165) is 36.0 Å². The first kappa shape index (κ1) is 19.8. The molecular weight excluding hydrogens is 390 g/mol. The number of anilines is 1. The predicted octanol–water partition coefficient (Wildman–Crippen LogP) is 1.26. The van der Waals surface area contributed by atoms with E-state index in [9.17, 15) is 23.3 Å². The van der Waals surface area contributed by atoms with Crippen molar-refractivity contribution in [1.29, 1.82) is 5.26 Å². The number of ether oxygens (including phenoxy) is 1. The normalized spacial score (nSPS) is 17.9. The van der Waals surface area contributed by atoms with E-state index in [1.807, 2.05) is 0 Å². The van der Waals surface area contributed by atoms with Crippen molar-refractivity contribution >= 4 is 38.2 Å². The van der Waals surface area contributed by atoms with Gasteiger partial charge in [0.2, 0.25) is 10.0 Å². The molecule has 1 aliphatic carbocycles. The number of amides is 1. The number of aryl methyl sites for hydroxylation is 1. The van der Waals surface area contributed by atoms with E-state index in [4.69, 9.17) is 4.74 Å². The van der Waals surface area contributed by atoms with Crippen molar-refractivity contribution in [1.82, 2.24) is 4.31 Å². The lowest BCUT2D eigenvalue weighted by Crippen LogP contribution is -2.40. The van der Waals surface area contributed by atoms with E-state index in [0.29, 0.717) is 23.4 Å². The summed E-state index contributed by atoms with van der Waals surface area (Å²) in [5.41, 5.74) is 1.53. The molecule has 1 fully saturated rings. The number of hydrogen-bond acceptors (Lipinski definition) is 7. The highest BCUT2D eigenvalue weighted by atomic mass is 32.2. The van der Waals surface area contributed by atoms with Crippen LogP contribution in [0.2, 0.25) is 0 Å². The fourth-order valence-corrected chi connectivity index (χ4v) is 5.58. The molecule has 8 nitrogen and oxygen atoms in total. The van der Waals surface area contributed by atoms with Crippen molar-refractivity contribution in [2.75, 3.05) is 31.3 Å². The van der Waals surface area contributed by atoms with Gasteiger partial charge in [-0.05, 0) is 37.7 Å². The lowest BCUT2D eigenvalue weighted by atomic mass is 9.98. The Morgan fingerprint density at radius 3 is 2.67 bits per heavy atom. The van der Waals surface area contributed by atoms with Crippen LogP contribution in [0.3, 0.4) is 0 Å². The van der Waals surface area contributed by atoms with Crippen LogP contribution in [-0.4, -0.2) is 50.6 Å². The molecule has 2 heterocycles. The van der Waals surface area contributed by atoms with Gasteiger partial charge in [0, 0.05) is 18.0 Å². The number of nitrogens with zero attached hydrogens (tertiary/aromatic N) is 2. The van der Waals surface area contributed by atoms with Crippen molar-refractivity contribution < 1.29 is 22.7 Å². The molecule has 1 aromatic heterocycles. The van der Waals surface area contributed by atoms with E-state index in [1.54, 1.807) is 0 Å². The molecule has 0 aromatic carbocycles. The van der Waals surface area contributed by atoms with Gasteiger partial charge in [0.25, 0.3) is 5.91 Å². The maximum Gasteiger partial charge on any atom is 0.309 e. The van der Waals surface area contributed by atoms with Gasteiger partial charge >= 0.3 is 5.97 Å². The Morgan fingerprint density at radius 1 is 1.33 bits per heavy atom. The number of thiophene rings is 1. The van der Waals surface area contributed by atoms with E-state index in [-0.39, 0.29) is 13.1 Å². The summed E-state index contributed by atoms with van der Waals surface area (Å²) in [6.07, 6.45) is 4.71. The van der Waals surface area contributed by atoms with Crippen LogP contribution in [0.1, 0.15) is 35.3 Å². The zero-order valence-electron chi connectivity index (χ0n) is 15.0. The molecule has 0 atom stereocenters. The second-order valence-electron chi connectivity index (χ2n) is 6.77. The number of fused-ring (bicyclic) bond motifs is 1. The molecule has 0 unspecified atom stereocenters. The third kappa shape index (κ3) is 4.48. The predicted molar refractivity (Wildman–Crippen MR) is 99.8 cm³/mol. The van der Waals surface area contributed by atoms with Crippen LogP contribution in [0.4, 0.5) is 5.00 Å². The minimum Gasteiger partial charge on any atom is -0.455 e. The van der Waals surface area contributed by atoms with Gasteiger partial charge in [0.15, 0.2) is 6.61 Å². The summed E-state index contributed by atoms with van der Waals surface area (Å²) in [6.45, 7) is 0.132. The molecule has 1 N–H and O–H groups in total. The molecule has 0 bridgehead atoms. The minimum absolute atomic E-state index is 0.275. The average Bonchev–Trinajstić information content (AvgIpc) is 3.19. The summed E-state index contributed by atoms with van der Waals surface area (Å²) in [5.74, 6) is -1.38. The average molecular weight is 412 g/mol. The van der Waals surface area contributed by atoms with Crippen LogP contribution >= 0.6 is 11.3 Å². The summed E-state index contributed by atoms with van der Waals surface area (Å²) >= 11 is 1.41. The summed E-state index contributed by atoms with van der Waals surface area (Å²) in [5, 5.41) is 12.5. The van der Waals surface area contributed by atoms with Gasteiger partial charge in [-0.3, -0.25) is 9.59 Å². The number of nitriles is 1. The van der Waals surface area contributed by atoms with Crippen LogP contribution < -0.4 is 5.32 Å². The largest absolute Gasteiger partial charge is 0.455 e. The van der Waals surface area contributed by atoms with E-state index in [2.05, 4.69) is 11.4 Å². The fourth-order valence-electron chi connectivity index (χ4n) is 3.45. The topological polar surface area (TPSA) is 117 Å². The molecule has 1 saturated heterocycles. The fraction of sp³-hybridized carbons (Fsp3) is 0.588. The third-order valence-electron chi connectivity index (χ3n) is 4.89. The Kier molecular flexibility index (Phi) is 5.83. The van der Waals surface area contributed by atoms with Crippen LogP contribution in [0.5, 0.6) is 0 Å². The van der Waals surface area contributed by atoms with Crippen molar-refractivity contribution in [3.8, 4) is 6.07 Å². The van der Waals surface area contributed by atoms with Gasteiger partial charge in [-0.25, -0.2) is 12.7 Å². The SMILES string of the molecule is CS(=O)(=O)N1CCC(C(=O)OCC(=O)Nc2sc3c(c2C#N)CCC3)CC1. The number of hydrogen-bond donors (Lipinski definition) is 1. The Morgan fingerprint density at radius 2 is 2.04 bits per heavy atom. The number of nitrogens with one attached hydrogen (secondary N) is 1. The first-order valence-electron chi connectivity index (χ1n) is 8.76. The molecule has 0 saturated carbocycles. The highest BCUT2D eigenvalue weighted by molar-refractivity contribution is 7.88. The van der Waals surface area contributed by atoms with Gasteiger partial charge in [-0.2, -0.15) is 5.26 Å². The zero-order chi connectivity index (χ0) is 19.6. The highest BCUT2D eigenvalue weighted by Gasteiger charge is 2.30. The smallest absolute Gasteiger partial charge is 0.309 e. The molecule has 1 amide bonds. The van der Waals surface area contributed by atoms with E-state index >= 15 is 0 Å². The summed E-state index contributed by atoms with van der Waals surface area (Å²) < 4.78 is 29.4. The maximum atomic E-state index is 12.1. The maximum absolute atomic E-state index is 12.1. The molecule has 0 radical (unpaired) electrons. The Balaban J connectivity index is 1.49. The van der Waals surface area contributed by atoms with Gasteiger partial charge in [0.1, 0.15) is 11.1 Å². The first-order chi connectivity index (χ1) is 12.8. The van der Waals surface area contributed by atoms with Gasteiger partial charge in [-0.15, -0.1) is 11.3 Å². The Hall–Kier alpha value is -1.96. The van der Waals surface area contributed by atoms with E-state index in [1.165, 1.54) is 15.6 Å². The summed E-state index contributed by atoms with van der Waals surface area (Å²) in [7, 11) is -3.25. The number of esters is 1. The number of piperidine rings is 1. The summed E-state index contributed by atoms with van der Waals surface area (Å²) in [4.78, 5) is 25.4. The molecule has 0 spiro atoms. The highest BCUT2D eigenvalue weighted by Crippen LogP contribution is 2.38. The number of carbonyl (C=O) groups excluding carboxylic acids is 2. The lowest BCUT2D eigenvalue weighted by Gasteiger charge is -2.28. The van der Waals surface area contributed by atoms with Crippen LogP contribution in [0, 0.1) is 17.2 Å². The quantitative estimate of drug-likeness (QED) is 0.729. The molecule has 27 heavy (non-hydrogen) atoms. The van der Waals surface area contributed by atoms with Crippen molar-refractivity contribution in [3.63, 3.8) is 0 Å². The van der Waals surface area contributed by atoms with Gasteiger partial charge < -0.3 is 10.1 Å². The lowest BCUT2D eigenvalue weighted by molar-refractivity contribution is -0.152. The van der Waals surface area contributed by atoms with Gasteiger partial charge in [-0.1, -0.05) is 0 Å². The standard InChI is InChI=1S/C17H21N3O5S2/c1-27(23,24)20-7-5-11(6-8-20)17(22)25-10-15(21)19-16-13(9-18)12-3-2-4-14(12)26-16/h11H,2-8,10H2,1H3,(H,19,21). The Bertz CT molecular complexity index is 892. The number of sulfonamides is 1. The number of rotatable bonds is 5. The van der Waals surface area contributed by atoms with Crippen molar-refractivity contribution in [3.05, 3.63) is 16.0 Å². The van der Waals surface area contributed by atoms with Crippen LogP contribution in [-0.2, 0) is 37.2 Å².